The Bertz CT molecular complexity index is 347. The highest BCUT2D eigenvalue weighted by atomic mass is 14.9. The lowest BCUT2D eigenvalue weighted by Crippen LogP contribution is -2.32. The Hall–Kier alpha value is -1.09. The van der Waals surface area contributed by atoms with Gasteiger partial charge in [-0.1, -0.05) is 6.92 Å². The minimum absolute atomic E-state index is 0.676. The van der Waals surface area contributed by atoms with Crippen LogP contribution in [0, 0.1) is 5.92 Å². The van der Waals surface area contributed by atoms with Crippen molar-refractivity contribution in [1.82, 2.24) is 10.3 Å². The molecule has 0 bridgehead atoms. The van der Waals surface area contributed by atoms with Crippen LogP contribution >= 0.6 is 0 Å². The monoisotopic (exact) mass is 233 g/mol. The number of pyridine rings is 1. The van der Waals surface area contributed by atoms with Crippen molar-refractivity contribution in [2.24, 2.45) is 5.92 Å². The second kappa shape index (κ2) is 6.01. The predicted octanol–water partition coefficient (Wildman–Crippen LogP) is 2.37. The molecule has 0 aliphatic heterocycles. The third-order valence-electron chi connectivity index (χ3n) is 3.51. The lowest BCUT2D eigenvalue weighted by Gasteiger charge is -2.18. The third kappa shape index (κ3) is 3.70. The molecule has 1 fully saturated rings. The van der Waals surface area contributed by atoms with Gasteiger partial charge < -0.3 is 11.1 Å². The first-order chi connectivity index (χ1) is 8.31. The van der Waals surface area contributed by atoms with Gasteiger partial charge in [-0.2, -0.15) is 0 Å². The Morgan fingerprint density at radius 2 is 2.35 bits per heavy atom. The smallest absolute Gasteiger partial charge is 0.0377 e. The van der Waals surface area contributed by atoms with Crippen molar-refractivity contribution < 1.29 is 0 Å². The highest BCUT2D eigenvalue weighted by Gasteiger charge is 2.30. The van der Waals surface area contributed by atoms with E-state index >= 15 is 0 Å². The first kappa shape index (κ1) is 12.4. The average molecular weight is 233 g/mol. The number of nitrogens with two attached hydrogens (primary N) is 1. The molecular weight excluding hydrogens is 210 g/mol. The Labute approximate surface area is 104 Å². The van der Waals surface area contributed by atoms with E-state index in [1.54, 1.807) is 6.20 Å². The van der Waals surface area contributed by atoms with E-state index < -0.39 is 0 Å². The predicted molar refractivity (Wildman–Crippen MR) is 71.8 cm³/mol. The molecule has 1 aromatic rings. The van der Waals surface area contributed by atoms with E-state index in [0.717, 1.165) is 24.6 Å². The van der Waals surface area contributed by atoms with Crippen molar-refractivity contribution in [3.05, 3.63) is 24.0 Å². The van der Waals surface area contributed by atoms with E-state index in [9.17, 15) is 0 Å². The summed E-state index contributed by atoms with van der Waals surface area (Å²) in [5.74, 6) is 0.902. The summed E-state index contributed by atoms with van der Waals surface area (Å²) in [7, 11) is 0. The number of nitrogens with zero attached hydrogens (tertiary/aromatic N) is 1. The van der Waals surface area contributed by atoms with E-state index in [1.165, 1.54) is 31.2 Å². The number of hydrogen-bond acceptors (Lipinski definition) is 3. The van der Waals surface area contributed by atoms with Gasteiger partial charge >= 0.3 is 0 Å². The number of nitrogen functional groups attached to an aromatic ring is 1. The molecule has 0 amide bonds. The quantitative estimate of drug-likeness (QED) is 0.760. The maximum absolute atomic E-state index is 5.94. The maximum Gasteiger partial charge on any atom is 0.0377 e. The number of hydrogen-bond donors (Lipinski definition) is 2. The highest BCUT2D eigenvalue weighted by Crippen LogP contribution is 2.34. The minimum Gasteiger partial charge on any atom is -0.398 e. The van der Waals surface area contributed by atoms with Crippen LogP contribution in [0.4, 0.5) is 5.69 Å². The van der Waals surface area contributed by atoms with Gasteiger partial charge in [-0.05, 0) is 56.2 Å². The molecule has 3 heteroatoms. The fraction of sp³-hybridized carbons (Fsp3) is 0.643. The molecule has 0 saturated heterocycles. The molecular formula is C14H23N3. The number of aryl methyl sites for hydroxylation is 1. The summed E-state index contributed by atoms with van der Waals surface area (Å²) in [6.07, 6.45) is 9.87. The van der Waals surface area contributed by atoms with Crippen LogP contribution in [0.1, 0.15) is 38.2 Å². The molecule has 3 N–H and O–H groups in total. The maximum atomic E-state index is 5.94. The molecule has 0 aromatic carbocycles. The highest BCUT2D eigenvalue weighted by molar-refractivity contribution is 5.44. The van der Waals surface area contributed by atoms with Crippen molar-refractivity contribution >= 4 is 5.69 Å². The standard InChI is InChI=1S/C14H23N3/c1-2-8-17-14(11-3-4-11)6-5-12-10-16-9-7-13(12)15/h7,9-11,14,17H,2-6,8H2,1H3,(H2,15,16). The van der Waals surface area contributed by atoms with E-state index in [4.69, 9.17) is 5.73 Å². The molecule has 1 unspecified atom stereocenters. The van der Waals surface area contributed by atoms with Crippen LogP contribution in [0.5, 0.6) is 0 Å². The summed E-state index contributed by atoms with van der Waals surface area (Å²) >= 11 is 0. The molecule has 17 heavy (non-hydrogen) atoms. The summed E-state index contributed by atoms with van der Waals surface area (Å²) in [6.45, 7) is 3.35. The van der Waals surface area contributed by atoms with Gasteiger partial charge in [-0.15, -0.1) is 0 Å². The van der Waals surface area contributed by atoms with Crippen LogP contribution in [0.2, 0.25) is 0 Å². The summed E-state index contributed by atoms with van der Waals surface area (Å²) in [4.78, 5) is 4.15. The van der Waals surface area contributed by atoms with Crippen molar-refractivity contribution in [2.45, 2.75) is 45.1 Å². The average Bonchev–Trinajstić information content (AvgIpc) is 3.15. The molecule has 2 rings (SSSR count). The first-order valence-electron chi connectivity index (χ1n) is 6.73. The van der Waals surface area contributed by atoms with Crippen LogP contribution in [-0.4, -0.2) is 17.6 Å². The van der Waals surface area contributed by atoms with E-state index in [2.05, 4.69) is 17.2 Å². The van der Waals surface area contributed by atoms with Gasteiger partial charge in [0.1, 0.15) is 0 Å². The molecule has 3 nitrogen and oxygen atoms in total. The largest absolute Gasteiger partial charge is 0.398 e. The lowest BCUT2D eigenvalue weighted by molar-refractivity contribution is 0.436. The molecule has 1 aromatic heterocycles. The summed E-state index contributed by atoms with van der Waals surface area (Å²) in [5, 5.41) is 3.66. The molecule has 1 heterocycles. The van der Waals surface area contributed by atoms with Crippen LogP contribution in [0.25, 0.3) is 0 Å². The number of rotatable bonds is 7. The van der Waals surface area contributed by atoms with Crippen molar-refractivity contribution in [2.75, 3.05) is 12.3 Å². The normalized spacial score (nSPS) is 17.0. The zero-order valence-electron chi connectivity index (χ0n) is 10.7. The summed E-state index contributed by atoms with van der Waals surface area (Å²) < 4.78 is 0. The molecule has 1 aliphatic carbocycles. The fourth-order valence-electron chi connectivity index (χ4n) is 2.29. The molecule has 94 valence electrons. The Balaban J connectivity index is 1.84. The number of aromatic nitrogens is 1. The van der Waals surface area contributed by atoms with Crippen LogP contribution < -0.4 is 11.1 Å². The fourth-order valence-corrected chi connectivity index (χ4v) is 2.29. The number of nitrogens with one attached hydrogen (secondary N) is 1. The second-order valence-corrected chi connectivity index (χ2v) is 5.01. The van der Waals surface area contributed by atoms with Crippen molar-refractivity contribution in [3.8, 4) is 0 Å². The molecule has 1 atom stereocenters. The zero-order valence-corrected chi connectivity index (χ0v) is 10.7. The van der Waals surface area contributed by atoms with Gasteiger partial charge in [-0.3, -0.25) is 4.98 Å². The molecule has 1 aliphatic rings. The molecule has 0 spiro atoms. The van der Waals surface area contributed by atoms with Gasteiger partial charge in [0.15, 0.2) is 0 Å². The van der Waals surface area contributed by atoms with Gasteiger partial charge in [0.2, 0.25) is 0 Å². The van der Waals surface area contributed by atoms with E-state index in [-0.39, 0.29) is 0 Å². The van der Waals surface area contributed by atoms with E-state index in [1.807, 2.05) is 12.3 Å². The van der Waals surface area contributed by atoms with Crippen LogP contribution in [-0.2, 0) is 6.42 Å². The van der Waals surface area contributed by atoms with Crippen molar-refractivity contribution in [3.63, 3.8) is 0 Å². The third-order valence-corrected chi connectivity index (χ3v) is 3.51. The second-order valence-electron chi connectivity index (χ2n) is 5.01. The SMILES string of the molecule is CCCNC(CCc1cnccc1N)C1CC1. The Morgan fingerprint density at radius 1 is 1.53 bits per heavy atom. The first-order valence-corrected chi connectivity index (χ1v) is 6.73. The molecule has 0 radical (unpaired) electrons. The van der Waals surface area contributed by atoms with Gasteiger partial charge in [-0.25, -0.2) is 0 Å². The summed E-state index contributed by atoms with van der Waals surface area (Å²) in [6, 6.07) is 2.57. The topological polar surface area (TPSA) is 50.9 Å². The van der Waals surface area contributed by atoms with Crippen LogP contribution in [0.15, 0.2) is 18.5 Å². The van der Waals surface area contributed by atoms with Crippen molar-refractivity contribution in [1.29, 1.82) is 0 Å². The van der Waals surface area contributed by atoms with E-state index in [0.29, 0.717) is 6.04 Å². The lowest BCUT2D eigenvalue weighted by atomic mass is 10.0. The van der Waals surface area contributed by atoms with Gasteiger partial charge in [0.05, 0.1) is 0 Å². The number of anilines is 1. The van der Waals surface area contributed by atoms with Gasteiger partial charge in [0.25, 0.3) is 0 Å². The minimum atomic E-state index is 0.676. The van der Waals surface area contributed by atoms with Crippen LogP contribution in [0.3, 0.4) is 0 Å². The van der Waals surface area contributed by atoms with Gasteiger partial charge in [0, 0.05) is 24.1 Å². The zero-order chi connectivity index (χ0) is 12.1. The molecule has 1 saturated carbocycles. The Kier molecular flexibility index (Phi) is 4.37. The summed E-state index contributed by atoms with van der Waals surface area (Å²) in [5.41, 5.74) is 8.01. The Morgan fingerprint density at radius 3 is 3.00 bits per heavy atom.